The lowest BCUT2D eigenvalue weighted by molar-refractivity contribution is -0.112. The molecule has 0 radical (unpaired) electrons. The van der Waals surface area contributed by atoms with Crippen LogP contribution in [0.2, 0.25) is 0 Å². The number of carbonyl (C=O) groups is 2. The third kappa shape index (κ3) is 2.92. The number of pyridine rings is 1. The van der Waals surface area contributed by atoms with Crippen molar-refractivity contribution in [1.29, 1.82) is 0 Å². The molecule has 0 aliphatic carbocycles. The van der Waals surface area contributed by atoms with Crippen LogP contribution in [0, 0.1) is 0 Å². The number of benzene rings is 1. The number of fused-ring (bicyclic) bond motifs is 1. The summed E-state index contributed by atoms with van der Waals surface area (Å²) in [7, 11) is 0. The van der Waals surface area contributed by atoms with Gasteiger partial charge in [-0.05, 0) is 35.9 Å². The number of hydrogen-bond donors (Lipinski definition) is 0. The van der Waals surface area contributed by atoms with E-state index in [1.165, 1.54) is 16.7 Å². The van der Waals surface area contributed by atoms with Crippen molar-refractivity contribution in [3.05, 3.63) is 76.1 Å². The molecule has 2 heterocycles. The first-order valence-corrected chi connectivity index (χ1v) is 8.14. The predicted octanol–water partition coefficient (Wildman–Crippen LogP) is 2.95. The first-order chi connectivity index (χ1) is 11.5. The number of ether oxygens (including phenoxy) is 1. The fraction of sp³-hybridized carbons (Fsp3) is 0.167. The van der Waals surface area contributed by atoms with Crippen LogP contribution in [0.3, 0.4) is 0 Å². The molecule has 0 saturated heterocycles. The van der Waals surface area contributed by atoms with E-state index in [-0.39, 0.29) is 22.8 Å². The minimum atomic E-state index is -0.737. The van der Waals surface area contributed by atoms with Crippen LogP contribution in [0.25, 0.3) is 0 Å². The number of thioether (sulfide) groups is 1. The van der Waals surface area contributed by atoms with Gasteiger partial charge in [0.2, 0.25) is 5.12 Å². The summed E-state index contributed by atoms with van der Waals surface area (Å²) in [6.07, 6.45) is 0. The topological polar surface area (TPSA) is 65.4 Å². The van der Waals surface area contributed by atoms with Gasteiger partial charge < -0.3 is 4.74 Å². The van der Waals surface area contributed by atoms with E-state index in [0.717, 1.165) is 17.3 Å². The maximum atomic E-state index is 12.4. The van der Waals surface area contributed by atoms with Crippen molar-refractivity contribution in [2.75, 3.05) is 0 Å². The van der Waals surface area contributed by atoms with E-state index in [4.69, 9.17) is 4.74 Å². The van der Waals surface area contributed by atoms with Crippen LogP contribution in [-0.2, 0) is 16.1 Å². The van der Waals surface area contributed by atoms with E-state index in [1.807, 2.05) is 30.3 Å². The van der Waals surface area contributed by atoms with E-state index in [0.29, 0.717) is 10.6 Å². The molecule has 3 rings (SSSR count). The molecule has 1 atom stereocenters. The van der Waals surface area contributed by atoms with Gasteiger partial charge in [0.1, 0.15) is 17.7 Å². The zero-order valence-electron chi connectivity index (χ0n) is 13.0. The van der Waals surface area contributed by atoms with Crippen molar-refractivity contribution >= 4 is 22.8 Å². The molecular weight excluding hydrogens is 326 g/mol. The fourth-order valence-corrected chi connectivity index (χ4v) is 3.68. The molecule has 6 heteroatoms. The fourth-order valence-electron chi connectivity index (χ4n) is 2.52. The van der Waals surface area contributed by atoms with Crippen LogP contribution < -0.4 is 5.56 Å². The van der Waals surface area contributed by atoms with E-state index in [2.05, 4.69) is 6.58 Å². The summed E-state index contributed by atoms with van der Waals surface area (Å²) in [6.45, 7) is 5.58. The number of carbonyl (C=O) groups excluding carboxylic acids is 2. The molecule has 1 aliphatic rings. The lowest BCUT2D eigenvalue weighted by Crippen LogP contribution is -2.26. The van der Waals surface area contributed by atoms with Crippen LogP contribution in [0.4, 0.5) is 0 Å². The zero-order valence-corrected chi connectivity index (χ0v) is 13.8. The second-order valence-electron chi connectivity index (χ2n) is 5.49. The zero-order chi connectivity index (χ0) is 17.3. The lowest BCUT2D eigenvalue weighted by Gasteiger charge is -2.13. The smallest absolute Gasteiger partial charge is 0.341 e. The molecular formula is C18H15NO4S. The normalized spacial score (nSPS) is 15.9. The van der Waals surface area contributed by atoms with E-state index in [9.17, 15) is 14.4 Å². The summed E-state index contributed by atoms with van der Waals surface area (Å²) < 4.78 is 6.62. The quantitative estimate of drug-likeness (QED) is 0.632. The monoisotopic (exact) mass is 341 g/mol. The van der Waals surface area contributed by atoms with Gasteiger partial charge in [-0.25, -0.2) is 4.79 Å². The summed E-state index contributed by atoms with van der Waals surface area (Å²) in [5, 5.41) is 0.0986. The third-order valence-corrected chi connectivity index (χ3v) is 4.69. The van der Waals surface area contributed by atoms with Crippen molar-refractivity contribution in [3.8, 4) is 0 Å². The largest absolute Gasteiger partial charge is 0.457 e. The Morgan fingerprint density at radius 3 is 2.58 bits per heavy atom. The summed E-state index contributed by atoms with van der Waals surface area (Å²) >= 11 is 0.881. The van der Waals surface area contributed by atoms with Crippen molar-refractivity contribution in [2.45, 2.75) is 24.6 Å². The maximum Gasteiger partial charge on any atom is 0.341 e. The molecule has 5 nitrogen and oxygen atoms in total. The first kappa shape index (κ1) is 16.3. The summed E-state index contributed by atoms with van der Waals surface area (Å²) in [4.78, 5) is 36.7. The van der Waals surface area contributed by atoms with E-state index < -0.39 is 12.0 Å². The molecule has 0 N–H and O–H groups in total. The number of esters is 1. The van der Waals surface area contributed by atoms with Gasteiger partial charge in [0.15, 0.2) is 0 Å². The highest BCUT2D eigenvalue weighted by molar-refractivity contribution is 8.14. The second-order valence-corrected chi connectivity index (χ2v) is 6.49. The Labute approximate surface area is 142 Å². The number of hydrogen-bond acceptors (Lipinski definition) is 5. The highest BCUT2D eigenvalue weighted by Gasteiger charge is 2.36. The maximum absolute atomic E-state index is 12.4. The molecule has 1 aliphatic heterocycles. The Balaban J connectivity index is 1.90. The van der Waals surface area contributed by atoms with Gasteiger partial charge >= 0.3 is 5.97 Å². The lowest BCUT2D eigenvalue weighted by atomic mass is 10.1. The standard InChI is InChI=1S/C18H15NO4S/c1-11(2)15-18(22)24-16-13(8-9-14(20)19(15)16)17(21)23-10-12-6-4-3-5-7-12/h3-9,15H,1,10H2,2H3. The van der Waals surface area contributed by atoms with Gasteiger partial charge in [0, 0.05) is 6.07 Å². The molecule has 0 bridgehead atoms. The Kier molecular flexibility index (Phi) is 4.40. The van der Waals surface area contributed by atoms with Gasteiger partial charge in [0.05, 0.1) is 5.56 Å². The van der Waals surface area contributed by atoms with Crippen molar-refractivity contribution in [3.63, 3.8) is 0 Å². The Bertz CT molecular complexity index is 886. The molecule has 1 unspecified atom stereocenters. The van der Waals surface area contributed by atoms with Crippen molar-refractivity contribution in [1.82, 2.24) is 4.57 Å². The van der Waals surface area contributed by atoms with Crippen LogP contribution in [0.1, 0.15) is 28.9 Å². The van der Waals surface area contributed by atoms with Gasteiger partial charge in [-0.1, -0.05) is 36.9 Å². The summed E-state index contributed by atoms with van der Waals surface area (Å²) in [5.74, 6) is -0.565. The van der Waals surface area contributed by atoms with Crippen molar-refractivity contribution in [2.24, 2.45) is 0 Å². The van der Waals surface area contributed by atoms with Gasteiger partial charge in [-0.15, -0.1) is 0 Å². The van der Waals surface area contributed by atoms with E-state index >= 15 is 0 Å². The molecule has 0 spiro atoms. The van der Waals surface area contributed by atoms with Crippen LogP contribution >= 0.6 is 11.8 Å². The molecule has 2 aromatic rings. The van der Waals surface area contributed by atoms with Crippen molar-refractivity contribution < 1.29 is 14.3 Å². The van der Waals surface area contributed by atoms with Gasteiger partial charge in [0.25, 0.3) is 5.56 Å². The first-order valence-electron chi connectivity index (χ1n) is 7.32. The van der Waals surface area contributed by atoms with E-state index in [1.54, 1.807) is 6.92 Å². The molecule has 122 valence electrons. The molecule has 0 saturated carbocycles. The molecule has 0 amide bonds. The summed E-state index contributed by atoms with van der Waals surface area (Å²) in [5.41, 5.74) is 1.30. The van der Waals surface area contributed by atoms with Gasteiger partial charge in [-0.2, -0.15) is 0 Å². The highest BCUT2D eigenvalue weighted by Crippen LogP contribution is 2.38. The molecule has 24 heavy (non-hydrogen) atoms. The minimum absolute atomic E-state index is 0.126. The molecule has 1 aromatic heterocycles. The third-order valence-electron chi connectivity index (χ3n) is 3.66. The average molecular weight is 341 g/mol. The Hall–Kier alpha value is -2.60. The molecule has 0 fully saturated rings. The van der Waals surface area contributed by atoms with Gasteiger partial charge in [-0.3, -0.25) is 14.2 Å². The Morgan fingerprint density at radius 2 is 1.92 bits per heavy atom. The number of aromatic nitrogens is 1. The highest BCUT2D eigenvalue weighted by atomic mass is 32.2. The number of rotatable bonds is 4. The average Bonchev–Trinajstić information content (AvgIpc) is 2.92. The predicted molar refractivity (Wildman–Crippen MR) is 91.0 cm³/mol. The van der Waals surface area contributed by atoms with Crippen LogP contribution in [0.5, 0.6) is 0 Å². The molecule has 1 aromatic carbocycles. The summed E-state index contributed by atoms with van der Waals surface area (Å²) in [6, 6.07) is 11.2. The van der Waals surface area contributed by atoms with Crippen LogP contribution in [-0.4, -0.2) is 15.7 Å². The minimum Gasteiger partial charge on any atom is -0.457 e. The second kappa shape index (κ2) is 6.49. The Morgan fingerprint density at radius 1 is 1.21 bits per heavy atom. The van der Waals surface area contributed by atoms with Crippen LogP contribution in [0.15, 0.2) is 64.4 Å². The SMILES string of the molecule is C=C(C)C1C(=O)Sc2c(C(=O)OCc3ccccc3)ccc(=O)n21. The number of nitrogens with zero attached hydrogens (tertiary/aromatic N) is 1. The number of allylic oxidation sites excluding steroid dienone is 1.